The summed E-state index contributed by atoms with van der Waals surface area (Å²) in [5.41, 5.74) is 0. The lowest BCUT2D eigenvalue weighted by atomic mass is 10.3. The van der Waals surface area contributed by atoms with Gasteiger partial charge in [-0.25, -0.2) is 4.79 Å². The minimum absolute atomic E-state index is 0.168. The van der Waals surface area contributed by atoms with Crippen LogP contribution >= 0.6 is 23.5 Å². The molecule has 16 heavy (non-hydrogen) atoms. The second kappa shape index (κ2) is 7.41. The van der Waals surface area contributed by atoms with Crippen molar-refractivity contribution >= 4 is 29.6 Å². The molecule has 2 N–H and O–H groups in total. The van der Waals surface area contributed by atoms with Gasteiger partial charge in [0.05, 0.1) is 0 Å². The van der Waals surface area contributed by atoms with Gasteiger partial charge in [0, 0.05) is 16.5 Å². The molecule has 0 heterocycles. The van der Waals surface area contributed by atoms with Crippen LogP contribution in [0.25, 0.3) is 0 Å². The number of amides is 2. The summed E-state index contributed by atoms with van der Waals surface area (Å²) in [5.74, 6) is 0. The van der Waals surface area contributed by atoms with E-state index in [-0.39, 0.29) is 6.03 Å². The molecule has 0 fully saturated rings. The van der Waals surface area contributed by atoms with Gasteiger partial charge in [-0.3, -0.25) is 4.72 Å². The Bertz CT molecular complexity index is 347. The minimum atomic E-state index is -0.168. The SMILES string of the molecule is CCCCNC(=O)NSc1cccc(Cl)c1. The maximum Gasteiger partial charge on any atom is 0.325 e. The molecule has 0 aromatic heterocycles. The van der Waals surface area contributed by atoms with E-state index in [9.17, 15) is 4.79 Å². The van der Waals surface area contributed by atoms with Crippen LogP contribution in [0.1, 0.15) is 19.8 Å². The quantitative estimate of drug-likeness (QED) is 0.627. The number of carbonyl (C=O) groups is 1. The zero-order chi connectivity index (χ0) is 11.8. The van der Waals surface area contributed by atoms with Crippen LogP contribution in [-0.4, -0.2) is 12.6 Å². The predicted molar refractivity (Wildman–Crippen MR) is 68.8 cm³/mol. The standard InChI is InChI=1S/C11H15ClN2OS/c1-2-3-7-13-11(15)14-16-10-6-4-5-9(12)8-10/h4-6,8H,2-3,7H2,1H3,(H2,13,14,15). The molecule has 1 aromatic carbocycles. The number of unbranched alkanes of at least 4 members (excludes halogenated alkanes) is 1. The Kier molecular flexibility index (Phi) is 6.11. The predicted octanol–water partition coefficient (Wildman–Crippen LogP) is 3.45. The molecular weight excluding hydrogens is 244 g/mol. The lowest BCUT2D eigenvalue weighted by molar-refractivity contribution is 0.246. The number of nitrogens with one attached hydrogen (secondary N) is 2. The third kappa shape index (κ3) is 5.28. The largest absolute Gasteiger partial charge is 0.337 e. The van der Waals surface area contributed by atoms with Crippen LogP contribution in [0.5, 0.6) is 0 Å². The van der Waals surface area contributed by atoms with Gasteiger partial charge in [-0.05, 0) is 36.6 Å². The Morgan fingerprint density at radius 1 is 1.50 bits per heavy atom. The maximum atomic E-state index is 11.3. The number of halogens is 1. The molecule has 0 atom stereocenters. The molecule has 1 aromatic rings. The van der Waals surface area contributed by atoms with Crippen molar-refractivity contribution < 1.29 is 4.79 Å². The molecule has 2 amide bonds. The van der Waals surface area contributed by atoms with Gasteiger partial charge in [0.1, 0.15) is 0 Å². The second-order valence-corrected chi connectivity index (χ2v) is 4.59. The zero-order valence-corrected chi connectivity index (χ0v) is 10.7. The fourth-order valence-electron chi connectivity index (χ4n) is 1.05. The molecule has 3 nitrogen and oxygen atoms in total. The number of urea groups is 1. The van der Waals surface area contributed by atoms with E-state index in [0.29, 0.717) is 11.6 Å². The van der Waals surface area contributed by atoms with Gasteiger partial charge in [0.25, 0.3) is 0 Å². The first-order valence-electron chi connectivity index (χ1n) is 5.18. The first kappa shape index (κ1) is 13.2. The maximum absolute atomic E-state index is 11.3. The summed E-state index contributed by atoms with van der Waals surface area (Å²) in [5, 5.41) is 3.43. The highest BCUT2D eigenvalue weighted by Crippen LogP contribution is 2.18. The smallest absolute Gasteiger partial charge is 0.325 e. The first-order valence-corrected chi connectivity index (χ1v) is 6.38. The first-order chi connectivity index (χ1) is 7.72. The van der Waals surface area contributed by atoms with Gasteiger partial charge in [0.2, 0.25) is 0 Å². The van der Waals surface area contributed by atoms with Crippen molar-refractivity contribution in [2.75, 3.05) is 6.54 Å². The molecule has 1 rings (SSSR count). The van der Waals surface area contributed by atoms with Gasteiger partial charge in [0.15, 0.2) is 0 Å². The molecule has 0 spiro atoms. The highest BCUT2D eigenvalue weighted by atomic mass is 35.5. The number of carbonyl (C=O) groups excluding carboxylic acids is 1. The molecule has 0 saturated heterocycles. The Labute approximate surface area is 105 Å². The van der Waals surface area contributed by atoms with E-state index >= 15 is 0 Å². The molecule has 0 bridgehead atoms. The Balaban J connectivity index is 2.26. The minimum Gasteiger partial charge on any atom is -0.337 e. The van der Waals surface area contributed by atoms with Crippen molar-refractivity contribution in [3.8, 4) is 0 Å². The van der Waals surface area contributed by atoms with E-state index in [4.69, 9.17) is 11.6 Å². The van der Waals surface area contributed by atoms with Crippen molar-refractivity contribution in [2.24, 2.45) is 0 Å². The van der Waals surface area contributed by atoms with Gasteiger partial charge >= 0.3 is 6.03 Å². The molecule has 0 unspecified atom stereocenters. The number of rotatable bonds is 5. The van der Waals surface area contributed by atoms with Gasteiger partial charge in [-0.2, -0.15) is 0 Å². The van der Waals surface area contributed by atoms with Crippen LogP contribution in [-0.2, 0) is 0 Å². The zero-order valence-electron chi connectivity index (χ0n) is 9.13. The summed E-state index contributed by atoms with van der Waals surface area (Å²) in [7, 11) is 0. The van der Waals surface area contributed by atoms with Crippen LogP contribution < -0.4 is 10.0 Å². The average Bonchev–Trinajstić information content (AvgIpc) is 2.27. The lowest BCUT2D eigenvalue weighted by Crippen LogP contribution is -2.31. The number of hydrogen-bond donors (Lipinski definition) is 2. The monoisotopic (exact) mass is 258 g/mol. The summed E-state index contributed by atoms with van der Waals surface area (Å²) in [6.45, 7) is 2.79. The fourth-order valence-corrected chi connectivity index (χ4v) is 1.92. The van der Waals surface area contributed by atoms with Crippen molar-refractivity contribution in [3.63, 3.8) is 0 Å². The highest BCUT2D eigenvalue weighted by Gasteiger charge is 2.00. The highest BCUT2D eigenvalue weighted by molar-refractivity contribution is 7.98. The molecule has 88 valence electrons. The van der Waals surface area contributed by atoms with Crippen molar-refractivity contribution in [1.82, 2.24) is 10.0 Å². The summed E-state index contributed by atoms with van der Waals surface area (Å²) in [6.07, 6.45) is 2.07. The topological polar surface area (TPSA) is 41.1 Å². The molecule has 0 aliphatic rings. The van der Waals surface area contributed by atoms with Gasteiger partial charge in [-0.15, -0.1) is 0 Å². The molecule has 0 radical (unpaired) electrons. The van der Waals surface area contributed by atoms with E-state index in [1.165, 1.54) is 11.9 Å². The van der Waals surface area contributed by atoms with E-state index < -0.39 is 0 Å². The molecular formula is C11H15ClN2OS. The van der Waals surface area contributed by atoms with E-state index in [2.05, 4.69) is 17.0 Å². The van der Waals surface area contributed by atoms with Crippen LogP contribution in [0.2, 0.25) is 5.02 Å². The third-order valence-electron chi connectivity index (χ3n) is 1.87. The van der Waals surface area contributed by atoms with Gasteiger partial charge in [-0.1, -0.05) is 31.0 Å². The summed E-state index contributed by atoms with van der Waals surface area (Å²) >= 11 is 7.08. The van der Waals surface area contributed by atoms with E-state index in [1.54, 1.807) is 12.1 Å². The second-order valence-electron chi connectivity index (χ2n) is 3.27. The van der Waals surface area contributed by atoms with E-state index in [0.717, 1.165) is 17.7 Å². The number of benzene rings is 1. The molecule has 0 aliphatic carbocycles. The number of hydrogen-bond acceptors (Lipinski definition) is 2. The average molecular weight is 259 g/mol. The molecule has 0 saturated carbocycles. The Morgan fingerprint density at radius 2 is 2.31 bits per heavy atom. The van der Waals surface area contributed by atoms with Crippen molar-refractivity contribution in [2.45, 2.75) is 24.7 Å². The normalized spacial score (nSPS) is 9.88. The summed E-state index contributed by atoms with van der Waals surface area (Å²) in [6, 6.07) is 7.17. The van der Waals surface area contributed by atoms with Crippen molar-refractivity contribution in [1.29, 1.82) is 0 Å². The van der Waals surface area contributed by atoms with Crippen LogP contribution in [0.15, 0.2) is 29.2 Å². The lowest BCUT2D eigenvalue weighted by Gasteiger charge is -2.06. The van der Waals surface area contributed by atoms with Crippen LogP contribution in [0.3, 0.4) is 0 Å². The Hall–Kier alpha value is -0.870. The summed E-state index contributed by atoms with van der Waals surface area (Å²) in [4.78, 5) is 12.2. The van der Waals surface area contributed by atoms with Crippen LogP contribution in [0.4, 0.5) is 4.79 Å². The molecule has 0 aliphatic heterocycles. The fraction of sp³-hybridized carbons (Fsp3) is 0.364. The van der Waals surface area contributed by atoms with Crippen LogP contribution in [0, 0.1) is 0 Å². The van der Waals surface area contributed by atoms with E-state index in [1.807, 2.05) is 12.1 Å². The molecule has 5 heteroatoms. The van der Waals surface area contributed by atoms with Gasteiger partial charge < -0.3 is 5.32 Å². The summed E-state index contributed by atoms with van der Waals surface area (Å²) < 4.78 is 2.69. The Morgan fingerprint density at radius 3 is 3.00 bits per heavy atom. The third-order valence-corrected chi connectivity index (χ3v) is 2.89. The van der Waals surface area contributed by atoms with Crippen molar-refractivity contribution in [3.05, 3.63) is 29.3 Å².